The summed E-state index contributed by atoms with van der Waals surface area (Å²) in [5.74, 6) is -0.193. The largest absolute Gasteiger partial charge is 0.366 e. The van der Waals surface area contributed by atoms with E-state index in [-0.39, 0.29) is 11.7 Å². The number of benzene rings is 2. The van der Waals surface area contributed by atoms with Gasteiger partial charge in [0.05, 0.1) is 16.8 Å². The summed E-state index contributed by atoms with van der Waals surface area (Å²) in [6.45, 7) is 4.23. The number of hydrogen-bond acceptors (Lipinski definition) is 3. The number of para-hydroxylation sites is 1. The number of nitrogens with one attached hydrogen (secondary N) is 1. The van der Waals surface area contributed by atoms with Gasteiger partial charge in [-0.25, -0.2) is 4.39 Å². The van der Waals surface area contributed by atoms with Gasteiger partial charge in [0.2, 0.25) is 0 Å². The number of rotatable bonds is 4. The molecule has 1 atom stereocenters. The Morgan fingerprint density at radius 3 is 2.68 bits per heavy atom. The smallest absolute Gasteiger partial charge is 0.256 e. The van der Waals surface area contributed by atoms with Crippen molar-refractivity contribution in [2.45, 2.75) is 25.4 Å². The van der Waals surface area contributed by atoms with E-state index in [1.807, 2.05) is 40.3 Å². The SMILES string of the molecule is O=C(c1cn(C[C@H]2CCCN2)c2cc(Cl)ccc12)N1CCN(c2ccccc2F)CC1. The molecule has 0 radical (unpaired) electrons. The molecule has 5 rings (SSSR count). The highest BCUT2D eigenvalue weighted by molar-refractivity contribution is 6.31. The summed E-state index contributed by atoms with van der Waals surface area (Å²) in [7, 11) is 0. The molecule has 0 saturated carbocycles. The van der Waals surface area contributed by atoms with Crippen molar-refractivity contribution < 1.29 is 9.18 Å². The van der Waals surface area contributed by atoms with E-state index < -0.39 is 0 Å². The predicted molar refractivity (Wildman–Crippen MR) is 122 cm³/mol. The van der Waals surface area contributed by atoms with Gasteiger partial charge in [0, 0.05) is 55.4 Å². The molecule has 0 spiro atoms. The van der Waals surface area contributed by atoms with Crippen molar-refractivity contribution in [1.29, 1.82) is 0 Å². The summed E-state index contributed by atoms with van der Waals surface area (Å²) >= 11 is 6.27. The van der Waals surface area contributed by atoms with E-state index in [1.165, 1.54) is 12.5 Å². The molecule has 2 saturated heterocycles. The van der Waals surface area contributed by atoms with Gasteiger partial charge < -0.3 is 19.7 Å². The second-order valence-corrected chi connectivity index (χ2v) is 8.82. The van der Waals surface area contributed by atoms with Crippen LogP contribution >= 0.6 is 11.6 Å². The van der Waals surface area contributed by atoms with Gasteiger partial charge in [0.15, 0.2) is 0 Å². The van der Waals surface area contributed by atoms with Gasteiger partial charge in [0.25, 0.3) is 5.91 Å². The fourth-order valence-electron chi connectivity index (χ4n) is 4.77. The molecule has 0 aliphatic carbocycles. The summed E-state index contributed by atoms with van der Waals surface area (Å²) in [6.07, 6.45) is 4.30. The van der Waals surface area contributed by atoms with Crippen LogP contribution in [-0.2, 0) is 6.54 Å². The lowest BCUT2D eigenvalue weighted by molar-refractivity contribution is 0.0748. The van der Waals surface area contributed by atoms with Crippen LogP contribution in [0.5, 0.6) is 0 Å². The van der Waals surface area contributed by atoms with Crippen LogP contribution in [0, 0.1) is 5.82 Å². The number of nitrogens with zero attached hydrogens (tertiary/aromatic N) is 3. The maximum Gasteiger partial charge on any atom is 0.256 e. The number of halogens is 2. The molecule has 0 unspecified atom stereocenters. The zero-order valence-corrected chi connectivity index (χ0v) is 18.1. The minimum absolute atomic E-state index is 0.0265. The van der Waals surface area contributed by atoms with Crippen molar-refractivity contribution in [2.75, 3.05) is 37.6 Å². The van der Waals surface area contributed by atoms with E-state index >= 15 is 0 Å². The molecule has 2 fully saturated rings. The molecule has 2 aliphatic heterocycles. The zero-order valence-electron chi connectivity index (χ0n) is 17.4. The molecule has 2 aromatic carbocycles. The molecule has 31 heavy (non-hydrogen) atoms. The Morgan fingerprint density at radius 2 is 1.94 bits per heavy atom. The highest BCUT2D eigenvalue weighted by Gasteiger charge is 2.26. The Kier molecular flexibility index (Phi) is 5.59. The highest BCUT2D eigenvalue weighted by Crippen LogP contribution is 2.28. The topological polar surface area (TPSA) is 40.5 Å². The van der Waals surface area contributed by atoms with E-state index in [0.717, 1.165) is 30.4 Å². The van der Waals surface area contributed by atoms with Crippen LogP contribution in [0.25, 0.3) is 10.9 Å². The van der Waals surface area contributed by atoms with E-state index in [9.17, 15) is 9.18 Å². The normalized spacial score (nSPS) is 19.4. The maximum absolute atomic E-state index is 14.1. The summed E-state index contributed by atoms with van der Waals surface area (Å²) in [4.78, 5) is 17.3. The molecule has 3 heterocycles. The van der Waals surface area contributed by atoms with Crippen LogP contribution in [0.15, 0.2) is 48.7 Å². The average Bonchev–Trinajstić information content (AvgIpc) is 3.42. The fraction of sp³-hybridized carbons (Fsp3) is 0.375. The molecule has 3 aromatic rings. The van der Waals surface area contributed by atoms with Crippen molar-refractivity contribution in [1.82, 2.24) is 14.8 Å². The fourth-order valence-corrected chi connectivity index (χ4v) is 4.93. The van der Waals surface area contributed by atoms with E-state index in [0.29, 0.717) is 48.5 Å². The van der Waals surface area contributed by atoms with Gasteiger partial charge in [-0.3, -0.25) is 4.79 Å². The Morgan fingerprint density at radius 1 is 1.13 bits per heavy atom. The number of hydrogen-bond donors (Lipinski definition) is 1. The molecular formula is C24H26ClFN4O. The van der Waals surface area contributed by atoms with Gasteiger partial charge in [-0.05, 0) is 43.7 Å². The Balaban J connectivity index is 1.37. The lowest BCUT2D eigenvalue weighted by Crippen LogP contribution is -2.49. The number of carbonyl (C=O) groups is 1. The average molecular weight is 441 g/mol. The first-order valence-electron chi connectivity index (χ1n) is 10.9. The third-order valence-corrected chi connectivity index (χ3v) is 6.65. The predicted octanol–water partition coefficient (Wildman–Crippen LogP) is 4.15. The highest BCUT2D eigenvalue weighted by atomic mass is 35.5. The van der Waals surface area contributed by atoms with Crippen LogP contribution < -0.4 is 10.2 Å². The van der Waals surface area contributed by atoms with Crippen molar-refractivity contribution in [3.63, 3.8) is 0 Å². The van der Waals surface area contributed by atoms with Crippen molar-refractivity contribution in [2.24, 2.45) is 0 Å². The zero-order chi connectivity index (χ0) is 21.4. The third kappa shape index (κ3) is 4.02. The third-order valence-electron chi connectivity index (χ3n) is 6.41. The van der Waals surface area contributed by atoms with Gasteiger partial charge in [0.1, 0.15) is 5.82 Å². The van der Waals surface area contributed by atoms with E-state index in [4.69, 9.17) is 11.6 Å². The first-order chi connectivity index (χ1) is 15.1. The van der Waals surface area contributed by atoms with Crippen molar-refractivity contribution in [3.8, 4) is 0 Å². The van der Waals surface area contributed by atoms with Crippen LogP contribution in [0.4, 0.5) is 10.1 Å². The van der Waals surface area contributed by atoms with Gasteiger partial charge in [-0.1, -0.05) is 29.8 Å². The Labute approximate surface area is 186 Å². The number of aromatic nitrogens is 1. The first-order valence-corrected chi connectivity index (χ1v) is 11.3. The lowest BCUT2D eigenvalue weighted by atomic mass is 10.1. The van der Waals surface area contributed by atoms with E-state index in [2.05, 4.69) is 9.88 Å². The molecule has 1 amide bonds. The van der Waals surface area contributed by atoms with Crippen LogP contribution in [-0.4, -0.2) is 54.1 Å². The van der Waals surface area contributed by atoms with Crippen LogP contribution in [0.1, 0.15) is 23.2 Å². The second kappa shape index (κ2) is 8.52. The lowest BCUT2D eigenvalue weighted by Gasteiger charge is -2.36. The minimum atomic E-state index is -0.220. The monoisotopic (exact) mass is 440 g/mol. The van der Waals surface area contributed by atoms with Crippen molar-refractivity contribution >= 4 is 34.1 Å². The molecule has 1 aromatic heterocycles. The van der Waals surface area contributed by atoms with Gasteiger partial charge in [-0.2, -0.15) is 0 Å². The van der Waals surface area contributed by atoms with Gasteiger partial charge >= 0.3 is 0 Å². The van der Waals surface area contributed by atoms with Crippen LogP contribution in [0.3, 0.4) is 0 Å². The van der Waals surface area contributed by atoms with Crippen LogP contribution in [0.2, 0.25) is 5.02 Å². The summed E-state index contributed by atoms with van der Waals surface area (Å²) in [5, 5.41) is 5.13. The summed E-state index contributed by atoms with van der Waals surface area (Å²) in [6, 6.07) is 13.0. The summed E-state index contributed by atoms with van der Waals surface area (Å²) < 4.78 is 16.3. The maximum atomic E-state index is 14.1. The quantitative estimate of drug-likeness (QED) is 0.662. The number of fused-ring (bicyclic) bond motifs is 1. The second-order valence-electron chi connectivity index (χ2n) is 8.38. The molecule has 1 N–H and O–H groups in total. The number of piperazine rings is 1. The Hall–Kier alpha value is -2.57. The first kappa shape index (κ1) is 20.3. The molecule has 5 nitrogen and oxygen atoms in total. The Bertz CT molecular complexity index is 1100. The molecule has 2 aliphatic rings. The molecule has 7 heteroatoms. The summed E-state index contributed by atoms with van der Waals surface area (Å²) in [5.41, 5.74) is 2.31. The van der Waals surface area contributed by atoms with E-state index in [1.54, 1.807) is 12.1 Å². The molecule has 0 bridgehead atoms. The number of amides is 1. The van der Waals surface area contributed by atoms with Crippen molar-refractivity contribution in [3.05, 3.63) is 65.1 Å². The number of carbonyl (C=O) groups excluding carboxylic acids is 1. The minimum Gasteiger partial charge on any atom is -0.366 e. The molecule has 162 valence electrons. The number of anilines is 1. The van der Waals surface area contributed by atoms with Gasteiger partial charge in [-0.15, -0.1) is 0 Å². The standard InChI is InChI=1S/C24H26ClFN4O/c25-17-7-8-19-20(16-30(23(19)14-17)15-18-4-3-9-27-18)24(31)29-12-10-28(11-13-29)22-6-2-1-5-21(22)26/h1-2,5-8,14,16,18,27H,3-4,9-13,15H2/t18-/m1/s1. The molecular weight excluding hydrogens is 415 g/mol.